The molecule has 2 heterocycles. The van der Waals surface area contributed by atoms with Crippen LogP contribution in [0.3, 0.4) is 0 Å². The Bertz CT molecular complexity index is 883. The Morgan fingerprint density at radius 3 is 2.56 bits per heavy atom. The van der Waals surface area contributed by atoms with Crippen LogP contribution in [0.15, 0.2) is 49.3 Å². The highest BCUT2D eigenvalue weighted by Crippen LogP contribution is 2.20. The number of imide groups is 1. The third-order valence-electron chi connectivity index (χ3n) is 3.92. The molecule has 1 aliphatic rings. The van der Waals surface area contributed by atoms with Gasteiger partial charge in [-0.25, -0.2) is 9.97 Å². The molecule has 1 fully saturated rings. The number of benzene rings is 1. The average molecular weight is 386 g/mol. The summed E-state index contributed by atoms with van der Waals surface area (Å²) >= 11 is 5.73. The van der Waals surface area contributed by atoms with Crippen molar-refractivity contribution >= 4 is 41.0 Å². The first-order chi connectivity index (χ1) is 13.0. The van der Waals surface area contributed by atoms with Crippen LogP contribution in [0.4, 0.5) is 11.6 Å². The van der Waals surface area contributed by atoms with E-state index in [4.69, 9.17) is 11.6 Å². The molecule has 27 heavy (non-hydrogen) atoms. The third kappa shape index (κ3) is 4.48. The number of nitrogens with zero attached hydrogens (tertiary/aromatic N) is 3. The first-order valence-corrected chi connectivity index (χ1v) is 8.44. The van der Waals surface area contributed by atoms with Crippen molar-refractivity contribution < 1.29 is 14.4 Å². The van der Waals surface area contributed by atoms with Crippen LogP contribution in [-0.4, -0.2) is 38.6 Å². The summed E-state index contributed by atoms with van der Waals surface area (Å²) in [7, 11) is 0. The van der Waals surface area contributed by atoms with E-state index < -0.39 is 6.04 Å². The fraction of sp³-hybridized carbons (Fsp3) is 0.167. The molecule has 2 N–H and O–H groups in total. The Kier molecular flexibility index (Phi) is 5.46. The highest BCUT2D eigenvalue weighted by atomic mass is 35.5. The van der Waals surface area contributed by atoms with E-state index >= 15 is 0 Å². The number of carbonyl (C=O) groups is 3. The second-order valence-corrected chi connectivity index (χ2v) is 6.27. The van der Waals surface area contributed by atoms with Crippen LogP contribution < -0.4 is 10.6 Å². The van der Waals surface area contributed by atoms with Gasteiger partial charge in [0.2, 0.25) is 17.8 Å². The first kappa shape index (κ1) is 18.5. The number of anilines is 2. The monoisotopic (exact) mass is 385 g/mol. The normalized spacial score (nSPS) is 16.3. The fourth-order valence-corrected chi connectivity index (χ4v) is 2.67. The minimum absolute atomic E-state index is 0.0261. The minimum Gasteiger partial charge on any atom is -0.342 e. The van der Waals surface area contributed by atoms with Crippen LogP contribution >= 0.6 is 11.6 Å². The van der Waals surface area contributed by atoms with Gasteiger partial charge in [0, 0.05) is 5.69 Å². The van der Waals surface area contributed by atoms with Gasteiger partial charge in [0.1, 0.15) is 6.04 Å². The summed E-state index contributed by atoms with van der Waals surface area (Å²) in [6, 6.07) is 6.15. The lowest BCUT2D eigenvalue weighted by molar-refractivity contribution is -0.139. The number of hydrogen-bond acceptors (Lipinski definition) is 6. The summed E-state index contributed by atoms with van der Waals surface area (Å²) in [5, 5.41) is 5.86. The Labute approximate surface area is 160 Å². The highest BCUT2D eigenvalue weighted by Gasteiger charge is 2.38. The van der Waals surface area contributed by atoms with Crippen molar-refractivity contribution in [3.05, 3.63) is 59.9 Å². The molecule has 0 radical (unpaired) electrons. The maximum absolute atomic E-state index is 12.5. The number of amides is 3. The number of rotatable bonds is 6. The lowest BCUT2D eigenvalue weighted by atomic mass is 10.2. The predicted octanol–water partition coefficient (Wildman–Crippen LogP) is 1.99. The molecular weight excluding hydrogens is 370 g/mol. The Hall–Kier alpha value is -3.26. The molecule has 3 amide bonds. The molecule has 1 atom stereocenters. The lowest BCUT2D eigenvalue weighted by Gasteiger charge is -2.16. The molecule has 1 aromatic heterocycles. The third-order valence-corrected chi connectivity index (χ3v) is 4.11. The van der Waals surface area contributed by atoms with Gasteiger partial charge in [0.25, 0.3) is 5.91 Å². The van der Waals surface area contributed by atoms with Crippen molar-refractivity contribution in [1.29, 1.82) is 0 Å². The molecule has 0 spiro atoms. The quantitative estimate of drug-likeness (QED) is 0.582. The van der Waals surface area contributed by atoms with E-state index in [1.807, 2.05) is 0 Å². The number of aromatic nitrogens is 2. The molecular formula is C18H16ClN5O3. The van der Waals surface area contributed by atoms with E-state index in [1.165, 1.54) is 23.4 Å². The van der Waals surface area contributed by atoms with E-state index in [0.717, 1.165) is 5.56 Å². The van der Waals surface area contributed by atoms with E-state index in [-0.39, 0.29) is 36.6 Å². The molecule has 9 heteroatoms. The van der Waals surface area contributed by atoms with Gasteiger partial charge in [-0.1, -0.05) is 30.3 Å². The number of nitrogens with one attached hydrogen (secondary N) is 2. The molecule has 1 saturated heterocycles. The first-order valence-electron chi connectivity index (χ1n) is 8.07. The van der Waals surface area contributed by atoms with Crippen molar-refractivity contribution in [3.63, 3.8) is 0 Å². The zero-order valence-corrected chi connectivity index (χ0v) is 14.9. The zero-order chi connectivity index (χ0) is 19.4. The molecule has 1 unspecified atom stereocenters. The molecule has 3 rings (SSSR count). The van der Waals surface area contributed by atoms with E-state index in [9.17, 15) is 14.4 Å². The van der Waals surface area contributed by atoms with Gasteiger partial charge in [0.15, 0.2) is 0 Å². The van der Waals surface area contributed by atoms with Crippen LogP contribution in [0, 0.1) is 0 Å². The van der Waals surface area contributed by atoms with Gasteiger partial charge in [-0.3, -0.25) is 19.3 Å². The molecule has 2 aromatic rings. The number of likely N-dealkylation sites (tertiary alicyclic amines) is 1. The highest BCUT2D eigenvalue weighted by molar-refractivity contribution is 6.30. The average Bonchev–Trinajstić information content (AvgIpc) is 2.92. The molecule has 0 bridgehead atoms. The molecule has 8 nitrogen and oxygen atoms in total. The predicted molar refractivity (Wildman–Crippen MR) is 99.9 cm³/mol. The molecule has 0 aliphatic carbocycles. The Balaban J connectivity index is 1.64. The van der Waals surface area contributed by atoms with Gasteiger partial charge in [0.05, 0.1) is 30.4 Å². The maximum Gasteiger partial charge on any atom is 0.252 e. The molecule has 138 valence electrons. The maximum atomic E-state index is 12.5. The summed E-state index contributed by atoms with van der Waals surface area (Å²) in [6.45, 7) is 3.53. The number of halogens is 1. The van der Waals surface area contributed by atoms with Crippen molar-refractivity contribution in [3.8, 4) is 0 Å². The van der Waals surface area contributed by atoms with E-state index in [1.54, 1.807) is 24.3 Å². The van der Waals surface area contributed by atoms with Crippen molar-refractivity contribution in [2.75, 3.05) is 10.6 Å². The van der Waals surface area contributed by atoms with Crippen LogP contribution in [0.5, 0.6) is 0 Å². The second-order valence-electron chi connectivity index (χ2n) is 5.83. The van der Waals surface area contributed by atoms with E-state index in [2.05, 4.69) is 27.2 Å². The summed E-state index contributed by atoms with van der Waals surface area (Å²) in [6.07, 6.45) is 4.01. The van der Waals surface area contributed by atoms with Gasteiger partial charge < -0.3 is 10.6 Å². The van der Waals surface area contributed by atoms with Gasteiger partial charge in [-0.2, -0.15) is 0 Å². The van der Waals surface area contributed by atoms with E-state index in [0.29, 0.717) is 10.7 Å². The molecule has 0 saturated carbocycles. The van der Waals surface area contributed by atoms with Gasteiger partial charge >= 0.3 is 0 Å². The van der Waals surface area contributed by atoms with Gasteiger partial charge in [-0.05, 0) is 23.8 Å². The van der Waals surface area contributed by atoms with Crippen LogP contribution in [0.1, 0.15) is 12.0 Å². The summed E-state index contributed by atoms with van der Waals surface area (Å²) < 4.78 is 0. The number of carbonyl (C=O) groups excluding carboxylic acids is 3. The lowest BCUT2D eigenvalue weighted by Crippen LogP contribution is -2.34. The fourth-order valence-electron chi connectivity index (χ4n) is 2.57. The largest absolute Gasteiger partial charge is 0.342 e. The molecule has 1 aromatic carbocycles. The Morgan fingerprint density at radius 1 is 1.26 bits per heavy atom. The minimum atomic E-state index is -0.718. The Morgan fingerprint density at radius 2 is 1.93 bits per heavy atom. The van der Waals surface area contributed by atoms with Crippen LogP contribution in [-0.2, 0) is 20.9 Å². The number of hydrogen-bond donors (Lipinski definition) is 2. The topological polar surface area (TPSA) is 104 Å². The smallest absolute Gasteiger partial charge is 0.252 e. The van der Waals surface area contributed by atoms with Crippen molar-refractivity contribution in [2.24, 2.45) is 0 Å². The zero-order valence-electron chi connectivity index (χ0n) is 14.2. The standard InChI is InChI=1S/C18H16ClN5O3/c1-2-15(25)22-13-5-3-11(4-6-13)10-24-16(26)7-14(17(24)27)23-18-20-8-12(19)9-21-18/h2-6,8-9,14H,1,7,10H2,(H,22,25)(H,20,21,23). The van der Waals surface area contributed by atoms with Crippen LogP contribution in [0.25, 0.3) is 0 Å². The van der Waals surface area contributed by atoms with Gasteiger partial charge in [-0.15, -0.1) is 0 Å². The SMILES string of the molecule is C=CC(=O)Nc1ccc(CN2C(=O)CC(Nc3ncc(Cl)cn3)C2=O)cc1. The summed E-state index contributed by atoms with van der Waals surface area (Å²) in [5.74, 6) is -0.709. The second kappa shape index (κ2) is 7.96. The summed E-state index contributed by atoms with van der Waals surface area (Å²) in [5.41, 5.74) is 1.36. The van der Waals surface area contributed by atoms with Crippen molar-refractivity contribution in [1.82, 2.24) is 14.9 Å². The summed E-state index contributed by atoms with van der Waals surface area (Å²) in [4.78, 5) is 45.2. The van der Waals surface area contributed by atoms with Crippen molar-refractivity contribution in [2.45, 2.75) is 19.0 Å². The molecule has 1 aliphatic heterocycles. The van der Waals surface area contributed by atoms with Crippen LogP contribution in [0.2, 0.25) is 5.02 Å².